The first-order chi connectivity index (χ1) is 18.1. The van der Waals surface area contributed by atoms with E-state index < -0.39 is 28.5 Å². The van der Waals surface area contributed by atoms with E-state index in [2.05, 4.69) is 5.32 Å². The average molecular weight is 558 g/mol. The molecule has 0 aromatic heterocycles. The number of nitrogens with one attached hydrogen (secondary N) is 1. The zero-order chi connectivity index (χ0) is 27.9. The number of carbonyl (C=O) groups excluding carboxylic acids is 2. The van der Waals surface area contributed by atoms with Crippen LogP contribution in [0.5, 0.6) is 5.75 Å². The number of anilines is 1. The zero-order valence-corrected chi connectivity index (χ0v) is 23.4. The molecule has 0 aliphatic heterocycles. The molecule has 3 rings (SSSR count). The Morgan fingerprint density at radius 3 is 2.26 bits per heavy atom. The number of likely N-dealkylation sites (N-methyl/N-ethyl adjacent to an activating group) is 1. The van der Waals surface area contributed by atoms with Crippen molar-refractivity contribution in [2.45, 2.75) is 38.3 Å². The second kappa shape index (κ2) is 12.8. The summed E-state index contributed by atoms with van der Waals surface area (Å²) in [4.78, 5) is 27.7. The number of carbonyl (C=O) groups is 2. The molecule has 2 amide bonds. The molecule has 0 fully saturated rings. The molecule has 0 heterocycles. The van der Waals surface area contributed by atoms with Gasteiger partial charge in [0, 0.05) is 18.6 Å². The maximum atomic E-state index is 13.8. The summed E-state index contributed by atoms with van der Waals surface area (Å²) < 4.78 is 34.1. The van der Waals surface area contributed by atoms with Gasteiger partial charge in [-0.2, -0.15) is 0 Å². The van der Waals surface area contributed by atoms with Gasteiger partial charge in [0.15, 0.2) is 0 Å². The fourth-order valence-corrected chi connectivity index (χ4v) is 5.49. The normalized spacial score (nSPS) is 11.9. The standard InChI is InChI=1S/C28H32ClN3O5S/c1-5-37-25-13-11-24(12-14-25)32(38(35,36)26-15-9-20(2)10-16-26)19-27(33)31(21(3)28(34)30-4)18-22-7-6-8-23(29)17-22/h6-17,21H,5,18-19H2,1-4H3,(H,30,34). The van der Waals surface area contributed by atoms with Gasteiger partial charge in [0.2, 0.25) is 11.8 Å². The monoisotopic (exact) mass is 557 g/mol. The molecular formula is C28H32ClN3O5S. The second-order valence-corrected chi connectivity index (χ2v) is 11.0. The minimum absolute atomic E-state index is 0.0468. The highest BCUT2D eigenvalue weighted by molar-refractivity contribution is 7.92. The van der Waals surface area contributed by atoms with Crippen LogP contribution in [0.3, 0.4) is 0 Å². The Bertz CT molecular complexity index is 1360. The molecule has 1 unspecified atom stereocenters. The average Bonchev–Trinajstić information content (AvgIpc) is 2.90. The first-order valence-electron chi connectivity index (χ1n) is 12.1. The van der Waals surface area contributed by atoms with Gasteiger partial charge in [0.25, 0.3) is 10.0 Å². The molecule has 0 radical (unpaired) electrons. The van der Waals surface area contributed by atoms with Crippen molar-refractivity contribution in [3.8, 4) is 5.75 Å². The number of benzene rings is 3. The third-order valence-corrected chi connectivity index (χ3v) is 8.00. The number of sulfonamides is 1. The number of nitrogens with zero attached hydrogens (tertiary/aromatic N) is 2. The Kier molecular flexibility index (Phi) is 9.77. The number of rotatable bonds is 11. The third-order valence-electron chi connectivity index (χ3n) is 5.98. The summed E-state index contributed by atoms with van der Waals surface area (Å²) in [6.45, 7) is 5.30. The van der Waals surface area contributed by atoms with Gasteiger partial charge in [-0.1, -0.05) is 41.4 Å². The lowest BCUT2D eigenvalue weighted by molar-refractivity contribution is -0.139. The number of ether oxygens (including phenoxy) is 1. The molecule has 1 atom stereocenters. The Morgan fingerprint density at radius 1 is 1.03 bits per heavy atom. The summed E-state index contributed by atoms with van der Waals surface area (Å²) in [7, 11) is -2.65. The predicted molar refractivity (Wildman–Crippen MR) is 149 cm³/mol. The molecule has 10 heteroatoms. The number of hydrogen-bond donors (Lipinski definition) is 1. The van der Waals surface area contributed by atoms with Gasteiger partial charge in [-0.3, -0.25) is 13.9 Å². The first kappa shape index (κ1) is 29.0. The molecule has 38 heavy (non-hydrogen) atoms. The molecule has 0 saturated carbocycles. The van der Waals surface area contributed by atoms with Gasteiger partial charge in [-0.05, 0) is 74.9 Å². The molecule has 0 saturated heterocycles. The molecule has 0 aliphatic rings. The van der Waals surface area contributed by atoms with Crippen LogP contribution < -0.4 is 14.4 Å². The van der Waals surface area contributed by atoms with E-state index in [0.717, 1.165) is 9.87 Å². The van der Waals surface area contributed by atoms with Crippen LogP contribution in [0.1, 0.15) is 25.0 Å². The lowest BCUT2D eigenvalue weighted by atomic mass is 10.1. The molecule has 3 aromatic carbocycles. The van der Waals surface area contributed by atoms with Crippen LogP contribution in [-0.4, -0.2) is 51.4 Å². The Morgan fingerprint density at radius 2 is 1.68 bits per heavy atom. The van der Waals surface area contributed by atoms with Gasteiger partial charge in [-0.25, -0.2) is 8.42 Å². The molecule has 0 bridgehead atoms. The van der Waals surface area contributed by atoms with E-state index in [1.54, 1.807) is 67.6 Å². The summed E-state index contributed by atoms with van der Waals surface area (Å²) in [5.74, 6) is -0.355. The highest BCUT2D eigenvalue weighted by Gasteiger charge is 2.32. The predicted octanol–water partition coefficient (Wildman–Crippen LogP) is 4.41. The van der Waals surface area contributed by atoms with Crippen LogP contribution in [0.4, 0.5) is 5.69 Å². The van der Waals surface area contributed by atoms with Crippen molar-refractivity contribution in [1.82, 2.24) is 10.2 Å². The van der Waals surface area contributed by atoms with Crippen molar-refractivity contribution in [2.75, 3.05) is 24.5 Å². The quantitative estimate of drug-likeness (QED) is 0.377. The molecule has 202 valence electrons. The van der Waals surface area contributed by atoms with Crippen LogP contribution in [-0.2, 0) is 26.2 Å². The van der Waals surface area contributed by atoms with Crippen molar-refractivity contribution in [2.24, 2.45) is 0 Å². The van der Waals surface area contributed by atoms with Crippen LogP contribution in [0.25, 0.3) is 0 Å². The Hall–Kier alpha value is -3.56. The maximum absolute atomic E-state index is 13.8. The highest BCUT2D eigenvalue weighted by Crippen LogP contribution is 2.27. The van der Waals surface area contributed by atoms with Crippen LogP contribution in [0, 0.1) is 6.92 Å². The SMILES string of the molecule is CCOc1ccc(N(CC(=O)N(Cc2cccc(Cl)c2)C(C)C(=O)NC)S(=O)(=O)c2ccc(C)cc2)cc1. The smallest absolute Gasteiger partial charge is 0.264 e. The second-order valence-electron chi connectivity index (χ2n) is 8.69. The van der Waals surface area contributed by atoms with E-state index in [0.29, 0.717) is 22.9 Å². The van der Waals surface area contributed by atoms with E-state index in [4.69, 9.17) is 16.3 Å². The van der Waals surface area contributed by atoms with Crippen molar-refractivity contribution < 1.29 is 22.7 Å². The van der Waals surface area contributed by atoms with E-state index in [-0.39, 0.29) is 23.0 Å². The fourth-order valence-electron chi connectivity index (χ4n) is 3.87. The number of aryl methyl sites for hydroxylation is 1. The largest absolute Gasteiger partial charge is 0.494 e. The van der Waals surface area contributed by atoms with Gasteiger partial charge >= 0.3 is 0 Å². The molecular weight excluding hydrogens is 526 g/mol. The topological polar surface area (TPSA) is 96.0 Å². The number of hydrogen-bond acceptors (Lipinski definition) is 5. The summed E-state index contributed by atoms with van der Waals surface area (Å²) in [6, 6.07) is 19.0. The van der Waals surface area contributed by atoms with Crippen molar-refractivity contribution in [3.63, 3.8) is 0 Å². The van der Waals surface area contributed by atoms with Gasteiger partial charge in [0.1, 0.15) is 18.3 Å². The minimum atomic E-state index is -4.13. The molecule has 3 aromatic rings. The third kappa shape index (κ3) is 7.05. The lowest BCUT2D eigenvalue weighted by Crippen LogP contribution is -2.50. The van der Waals surface area contributed by atoms with Gasteiger partial charge < -0.3 is 15.0 Å². The van der Waals surface area contributed by atoms with E-state index in [9.17, 15) is 18.0 Å². The minimum Gasteiger partial charge on any atom is -0.494 e. The van der Waals surface area contributed by atoms with Crippen LogP contribution in [0.2, 0.25) is 5.02 Å². The zero-order valence-electron chi connectivity index (χ0n) is 21.8. The van der Waals surface area contributed by atoms with Crippen molar-refractivity contribution >= 4 is 39.1 Å². The van der Waals surface area contributed by atoms with E-state index in [1.165, 1.54) is 24.1 Å². The van der Waals surface area contributed by atoms with Crippen LogP contribution >= 0.6 is 11.6 Å². The molecule has 0 aliphatic carbocycles. The van der Waals surface area contributed by atoms with Crippen molar-refractivity contribution in [3.05, 3.63) is 88.9 Å². The molecule has 0 spiro atoms. The molecule has 1 N–H and O–H groups in total. The maximum Gasteiger partial charge on any atom is 0.264 e. The van der Waals surface area contributed by atoms with Gasteiger partial charge in [0.05, 0.1) is 17.2 Å². The molecule has 8 nitrogen and oxygen atoms in total. The van der Waals surface area contributed by atoms with Crippen molar-refractivity contribution in [1.29, 1.82) is 0 Å². The summed E-state index contributed by atoms with van der Waals surface area (Å²) in [5.41, 5.74) is 1.90. The fraction of sp³-hybridized carbons (Fsp3) is 0.286. The summed E-state index contributed by atoms with van der Waals surface area (Å²) >= 11 is 6.14. The highest BCUT2D eigenvalue weighted by atomic mass is 35.5. The Balaban J connectivity index is 2.03. The Labute approximate surface area is 229 Å². The summed E-state index contributed by atoms with van der Waals surface area (Å²) in [5, 5.41) is 3.04. The summed E-state index contributed by atoms with van der Waals surface area (Å²) in [6.07, 6.45) is 0. The van der Waals surface area contributed by atoms with E-state index in [1.807, 2.05) is 13.8 Å². The number of amides is 2. The lowest BCUT2D eigenvalue weighted by Gasteiger charge is -2.31. The van der Waals surface area contributed by atoms with Crippen LogP contribution in [0.15, 0.2) is 77.7 Å². The first-order valence-corrected chi connectivity index (χ1v) is 14.0. The van der Waals surface area contributed by atoms with E-state index >= 15 is 0 Å². The van der Waals surface area contributed by atoms with Gasteiger partial charge in [-0.15, -0.1) is 0 Å². The number of halogens is 1.